The number of benzene rings is 1. The predicted octanol–water partition coefficient (Wildman–Crippen LogP) is 2.07. The number of hydrogen-bond donors (Lipinski definition) is 1. The van der Waals surface area contributed by atoms with Crippen molar-refractivity contribution < 1.29 is 14.3 Å². The number of carbonyl (C=O) groups is 1. The van der Waals surface area contributed by atoms with Crippen molar-refractivity contribution in [3.05, 3.63) is 35.1 Å². The first-order valence-electron chi connectivity index (χ1n) is 6.86. The van der Waals surface area contributed by atoms with Gasteiger partial charge in [0, 0.05) is 19.5 Å². The lowest BCUT2D eigenvalue weighted by Crippen LogP contribution is -2.29. The van der Waals surface area contributed by atoms with Crippen molar-refractivity contribution in [3.63, 3.8) is 0 Å². The van der Waals surface area contributed by atoms with Crippen molar-refractivity contribution in [1.82, 2.24) is 4.90 Å². The Hall–Kier alpha value is -1.86. The second-order valence-corrected chi connectivity index (χ2v) is 4.90. The maximum Gasteiger partial charge on any atom is 0.222 e. The van der Waals surface area contributed by atoms with Crippen LogP contribution in [0.5, 0.6) is 0 Å². The highest BCUT2D eigenvalue weighted by atomic mass is 19.1. The van der Waals surface area contributed by atoms with Crippen molar-refractivity contribution in [2.45, 2.75) is 32.2 Å². The first-order chi connectivity index (χ1) is 9.70. The lowest BCUT2D eigenvalue weighted by molar-refractivity contribution is -0.131. The number of rotatable bonds is 2. The van der Waals surface area contributed by atoms with E-state index in [1.807, 2.05) is 4.90 Å². The molecule has 0 spiro atoms. The Morgan fingerprint density at radius 2 is 2.15 bits per heavy atom. The third-order valence-corrected chi connectivity index (χ3v) is 3.38. The molecule has 20 heavy (non-hydrogen) atoms. The molecule has 4 heteroatoms. The molecule has 1 amide bonds. The van der Waals surface area contributed by atoms with E-state index < -0.39 is 5.82 Å². The van der Waals surface area contributed by atoms with Crippen LogP contribution in [-0.2, 0) is 11.3 Å². The molecule has 1 aliphatic heterocycles. The van der Waals surface area contributed by atoms with E-state index >= 15 is 0 Å². The molecular weight excluding hydrogens is 257 g/mol. The summed E-state index contributed by atoms with van der Waals surface area (Å²) in [7, 11) is 0. The monoisotopic (exact) mass is 275 g/mol. The van der Waals surface area contributed by atoms with Gasteiger partial charge in [0.2, 0.25) is 5.91 Å². The minimum atomic E-state index is -0.406. The zero-order chi connectivity index (χ0) is 14.4. The number of amides is 1. The number of halogens is 1. The quantitative estimate of drug-likeness (QED) is 0.839. The maximum atomic E-state index is 13.5. The molecule has 0 radical (unpaired) electrons. The molecule has 0 bridgehead atoms. The van der Waals surface area contributed by atoms with Gasteiger partial charge in [0.1, 0.15) is 12.4 Å². The summed E-state index contributed by atoms with van der Waals surface area (Å²) in [5, 5.41) is 8.67. The lowest BCUT2D eigenvalue weighted by Gasteiger charge is -2.20. The molecule has 0 saturated carbocycles. The van der Waals surface area contributed by atoms with Gasteiger partial charge >= 0.3 is 0 Å². The molecule has 1 aliphatic rings. The van der Waals surface area contributed by atoms with E-state index in [0.717, 1.165) is 31.4 Å². The average molecular weight is 275 g/mol. The Morgan fingerprint density at radius 1 is 1.30 bits per heavy atom. The van der Waals surface area contributed by atoms with Crippen LogP contribution >= 0.6 is 0 Å². The topological polar surface area (TPSA) is 40.5 Å². The van der Waals surface area contributed by atoms with Crippen LogP contribution in [-0.4, -0.2) is 29.1 Å². The van der Waals surface area contributed by atoms with Gasteiger partial charge in [-0.1, -0.05) is 24.3 Å². The van der Waals surface area contributed by atoms with E-state index in [0.29, 0.717) is 13.0 Å². The molecule has 106 valence electrons. The van der Waals surface area contributed by atoms with Crippen LogP contribution in [0.2, 0.25) is 0 Å². The Morgan fingerprint density at radius 3 is 2.95 bits per heavy atom. The molecule has 2 rings (SSSR count). The summed E-state index contributed by atoms with van der Waals surface area (Å²) in [4.78, 5) is 13.8. The van der Waals surface area contributed by atoms with E-state index in [4.69, 9.17) is 5.11 Å². The lowest BCUT2D eigenvalue weighted by atomic mass is 10.1. The SMILES string of the molecule is O=C1CCCCCN1Cc1ccc(F)c(C#CCO)c1. The van der Waals surface area contributed by atoms with Crippen molar-refractivity contribution in [2.75, 3.05) is 13.2 Å². The zero-order valence-electron chi connectivity index (χ0n) is 11.4. The fourth-order valence-electron chi connectivity index (χ4n) is 2.33. The Balaban J connectivity index is 2.14. The van der Waals surface area contributed by atoms with Crippen molar-refractivity contribution in [3.8, 4) is 11.8 Å². The van der Waals surface area contributed by atoms with Gasteiger partial charge in [-0.15, -0.1) is 0 Å². The van der Waals surface area contributed by atoms with Crippen molar-refractivity contribution in [1.29, 1.82) is 0 Å². The zero-order valence-corrected chi connectivity index (χ0v) is 11.4. The summed E-state index contributed by atoms with van der Waals surface area (Å²) in [6.07, 6.45) is 3.65. The molecule has 1 heterocycles. The van der Waals surface area contributed by atoms with Crippen LogP contribution in [0.4, 0.5) is 4.39 Å². The second kappa shape index (κ2) is 7.06. The van der Waals surface area contributed by atoms with Gasteiger partial charge in [-0.05, 0) is 30.5 Å². The fraction of sp³-hybridized carbons (Fsp3) is 0.438. The number of aliphatic hydroxyl groups is 1. The van der Waals surface area contributed by atoms with E-state index in [1.165, 1.54) is 6.07 Å². The largest absolute Gasteiger partial charge is 0.384 e. The van der Waals surface area contributed by atoms with Gasteiger partial charge in [0.15, 0.2) is 0 Å². The van der Waals surface area contributed by atoms with Crippen LogP contribution in [0.1, 0.15) is 36.8 Å². The second-order valence-electron chi connectivity index (χ2n) is 4.90. The van der Waals surface area contributed by atoms with Crippen molar-refractivity contribution >= 4 is 5.91 Å². The smallest absolute Gasteiger partial charge is 0.222 e. The normalized spacial score (nSPS) is 15.5. The van der Waals surface area contributed by atoms with E-state index in [1.54, 1.807) is 12.1 Å². The van der Waals surface area contributed by atoms with Crippen LogP contribution < -0.4 is 0 Å². The van der Waals surface area contributed by atoms with E-state index in [9.17, 15) is 9.18 Å². The first-order valence-corrected chi connectivity index (χ1v) is 6.86. The van der Waals surface area contributed by atoms with Gasteiger partial charge in [-0.2, -0.15) is 0 Å². The third kappa shape index (κ3) is 3.82. The minimum absolute atomic E-state index is 0.162. The minimum Gasteiger partial charge on any atom is -0.384 e. The standard InChI is InChI=1S/C16H18FNO2/c17-15-8-7-13(11-14(15)5-4-10-19)12-18-9-3-1-2-6-16(18)20/h7-8,11,19H,1-3,6,9-10,12H2. The highest BCUT2D eigenvalue weighted by Crippen LogP contribution is 2.16. The molecule has 1 N–H and O–H groups in total. The molecule has 1 saturated heterocycles. The molecule has 3 nitrogen and oxygen atoms in total. The number of hydrogen-bond acceptors (Lipinski definition) is 2. The van der Waals surface area contributed by atoms with Crippen molar-refractivity contribution in [2.24, 2.45) is 0 Å². The highest BCUT2D eigenvalue weighted by molar-refractivity contribution is 5.76. The van der Waals surface area contributed by atoms with Gasteiger partial charge in [-0.3, -0.25) is 4.79 Å². The van der Waals surface area contributed by atoms with Gasteiger partial charge < -0.3 is 10.0 Å². The summed E-state index contributed by atoms with van der Waals surface area (Å²) in [5.74, 6) is 4.78. The molecule has 0 aliphatic carbocycles. The number of nitrogens with zero attached hydrogens (tertiary/aromatic N) is 1. The number of aliphatic hydroxyl groups excluding tert-OH is 1. The third-order valence-electron chi connectivity index (χ3n) is 3.38. The predicted molar refractivity (Wildman–Crippen MR) is 74.2 cm³/mol. The molecule has 0 unspecified atom stereocenters. The van der Waals surface area contributed by atoms with Gasteiger partial charge in [-0.25, -0.2) is 4.39 Å². The summed E-state index contributed by atoms with van der Waals surface area (Å²) in [6.45, 7) is 0.953. The first kappa shape index (κ1) is 14.5. The van der Waals surface area contributed by atoms with E-state index in [-0.39, 0.29) is 18.1 Å². The van der Waals surface area contributed by atoms with E-state index in [2.05, 4.69) is 11.8 Å². The number of likely N-dealkylation sites (tertiary alicyclic amines) is 1. The fourth-order valence-corrected chi connectivity index (χ4v) is 2.33. The van der Waals surface area contributed by atoms with Crippen LogP contribution in [0, 0.1) is 17.7 Å². The van der Waals surface area contributed by atoms with Crippen LogP contribution in [0.15, 0.2) is 18.2 Å². The Labute approximate surface area is 118 Å². The molecule has 0 aromatic heterocycles. The highest BCUT2D eigenvalue weighted by Gasteiger charge is 2.16. The molecule has 1 aromatic carbocycles. The molecule has 0 atom stereocenters. The maximum absolute atomic E-state index is 13.5. The summed E-state index contributed by atoms with van der Waals surface area (Å²) < 4.78 is 13.5. The van der Waals surface area contributed by atoms with Gasteiger partial charge in [0.05, 0.1) is 5.56 Å². The molecule has 1 aromatic rings. The van der Waals surface area contributed by atoms with Crippen LogP contribution in [0.25, 0.3) is 0 Å². The van der Waals surface area contributed by atoms with Crippen LogP contribution in [0.3, 0.4) is 0 Å². The summed E-state index contributed by atoms with van der Waals surface area (Å²) in [5.41, 5.74) is 1.13. The molecule has 1 fully saturated rings. The molecular formula is C16H18FNO2. The summed E-state index contributed by atoms with van der Waals surface area (Å²) in [6, 6.07) is 4.69. The Bertz CT molecular complexity index is 545. The number of carbonyl (C=O) groups excluding carboxylic acids is 1. The Kier molecular flexibility index (Phi) is 5.14. The average Bonchev–Trinajstić information content (AvgIpc) is 2.65. The summed E-state index contributed by atoms with van der Waals surface area (Å²) >= 11 is 0. The van der Waals surface area contributed by atoms with Gasteiger partial charge in [0.25, 0.3) is 0 Å².